The predicted molar refractivity (Wildman–Crippen MR) is 175 cm³/mol. The molecule has 7 aliphatic rings. The summed E-state index contributed by atoms with van der Waals surface area (Å²) in [5.41, 5.74) is -3.84. The fraction of sp³-hybridized carbons (Fsp3) is 0.553. The number of epoxide rings is 1. The van der Waals surface area contributed by atoms with Gasteiger partial charge in [0.05, 0.1) is 22.3 Å². The zero-order chi connectivity index (χ0) is 34.8. The minimum Gasteiger partial charge on any atom is -0.506 e. The molecule has 10 nitrogen and oxygen atoms in total. The minimum absolute atomic E-state index is 0.0306. The number of carbonyl (C=O) groups is 3. The number of ketones is 2. The van der Waals surface area contributed by atoms with Crippen molar-refractivity contribution in [3.8, 4) is 17.2 Å². The second-order valence-corrected chi connectivity index (χ2v) is 15.6. The first-order valence-corrected chi connectivity index (χ1v) is 16.7. The average Bonchev–Trinajstić information content (AvgIpc) is 3.60. The van der Waals surface area contributed by atoms with E-state index in [0.29, 0.717) is 19.3 Å². The van der Waals surface area contributed by atoms with Crippen molar-refractivity contribution >= 4 is 24.1 Å². The molecule has 1 aromatic rings. The smallest absolute Gasteiger partial charge is 0.298 e. The maximum Gasteiger partial charge on any atom is 0.298 e. The summed E-state index contributed by atoms with van der Waals surface area (Å²) < 4.78 is 31.5. The quantitative estimate of drug-likeness (QED) is 0.141. The lowest BCUT2D eigenvalue weighted by atomic mass is 9.51. The summed E-state index contributed by atoms with van der Waals surface area (Å²) in [4.78, 5) is 40.3. The fourth-order valence-corrected chi connectivity index (χ4v) is 8.82. The van der Waals surface area contributed by atoms with Crippen LogP contribution in [0.4, 0.5) is 0 Å². The number of aromatic hydroxyl groups is 1. The van der Waals surface area contributed by atoms with Crippen molar-refractivity contribution in [1.29, 1.82) is 0 Å². The van der Waals surface area contributed by atoms with Crippen molar-refractivity contribution in [1.82, 2.24) is 0 Å². The van der Waals surface area contributed by atoms with E-state index in [4.69, 9.17) is 23.7 Å². The fourth-order valence-electron chi connectivity index (χ4n) is 8.82. The third kappa shape index (κ3) is 4.38. The van der Waals surface area contributed by atoms with Gasteiger partial charge in [-0.15, -0.1) is 0 Å². The lowest BCUT2D eigenvalue weighted by molar-refractivity contribution is -0.171. The molecular formula is C38H44O10. The van der Waals surface area contributed by atoms with Gasteiger partial charge in [-0.3, -0.25) is 14.4 Å². The van der Waals surface area contributed by atoms with Crippen molar-refractivity contribution < 1.29 is 48.3 Å². The Bertz CT molecular complexity index is 1770. The number of aliphatic hydroxyl groups excluding tert-OH is 1. The van der Waals surface area contributed by atoms with Gasteiger partial charge >= 0.3 is 0 Å². The van der Waals surface area contributed by atoms with Gasteiger partial charge in [0, 0.05) is 23.8 Å². The standard InChI is InChI=1S/C38H44O10/c1-19(2)10-9-13-36(8)14-12-22-27(40)25-28(41)23-16-21-17-24-34(4,5)48-37(32(21)43,15-11-20(3)44-18-39)38(23,24)46-31(25)26(30(22)45-36)29(42)33-35(6,7)47-33/h10-12,14,16,18,21,24,29,33,40,42H,9,13,15,17H2,1-8H3/b20-11-/t21?,24?,29?,33?,36-,37+,38+/m0/s1. The first kappa shape index (κ1) is 32.8. The highest BCUT2D eigenvalue weighted by Gasteiger charge is 2.81. The van der Waals surface area contributed by atoms with Gasteiger partial charge in [-0.05, 0) is 92.9 Å². The highest BCUT2D eigenvalue weighted by molar-refractivity contribution is 6.19. The Morgan fingerprint density at radius 2 is 1.77 bits per heavy atom. The summed E-state index contributed by atoms with van der Waals surface area (Å²) in [6, 6.07) is 0. The topological polar surface area (TPSA) is 141 Å². The Labute approximate surface area is 280 Å². The van der Waals surface area contributed by atoms with E-state index in [0.717, 1.165) is 6.42 Å². The molecule has 4 unspecified atom stereocenters. The third-order valence-electron chi connectivity index (χ3n) is 11.2. The average molecular weight is 661 g/mol. The van der Waals surface area contributed by atoms with Crippen LogP contribution in [-0.4, -0.2) is 62.4 Å². The molecule has 4 heterocycles. The largest absolute Gasteiger partial charge is 0.506 e. The highest BCUT2D eigenvalue weighted by Crippen LogP contribution is 2.69. The highest BCUT2D eigenvalue weighted by atomic mass is 16.6. The second-order valence-electron chi connectivity index (χ2n) is 15.6. The lowest BCUT2D eigenvalue weighted by Gasteiger charge is -2.56. The summed E-state index contributed by atoms with van der Waals surface area (Å²) in [6.45, 7) is 15.4. The van der Waals surface area contributed by atoms with Crippen molar-refractivity contribution in [2.24, 2.45) is 11.8 Å². The van der Waals surface area contributed by atoms with Crippen LogP contribution in [0.1, 0.15) is 109 Å². The summed E-state index contributed by atoms with van der Waals surface area (Å²) in [5, 5.41) is 23.9. The summed E-state index contributed by atoms with van der Waals surface area (Å²) in [7, 11) is 0. The minimum atomic E-state index is -1.66. The molecule has 256 valence electrons. The number of phenols is 1. The summed E-state index contributed by atoms with van der Waals surface area (Å²) in [5.74, 6) is -1.67. The van der Waals surface area contributed by atoms with Crippen LogP contribution in [0.25, 0.3) is 6.08 Å². The van der Waals surface area contributed by atoms with Gasteiger partial charge in [-0.25, -0.2) is 0 Å². The van der Waals surface area contributed by atoms with E-state index in [1.54, 1.807) is 25.2 Å². The van der Waals surface area contributed by atoms with Gasteiger partial charge in [0.1, 0.15) is 46.4 Å². The predicted octanol–water partition coefficient (Wildman–Crippen LogP) is 5.99. The molecule has 0 radical (unpaired) electrons. The molecule has 0 amide bonds. The van der Waals surface area contributed by atoms with Crippen LogP contribution in [-0.2, 0) is 23.8 Å². The number of aliphatic hydroxyl groups is 1. The van der Waals surface area contributed by atoms with Crippen molar-refractivity contribution in [3.63, 3.8) is 0 Å². The van der Waals surface area contributed by atoms with Crippen LogP contribution in [0.2, 0.25) is 0 Å². The molecule has 7 atom stereocenters. The molecule has 48 heavy (non-hydrogen) atoms. The normalized spacial score (nSPS) is 35.0. The molecule has 4 aliphatic heterocycles. The lowest BCUT2D eigenvalue weighted by Crippen LogP contribution is -2.72. The van der Waals surface area contributed by atoms with E-state index >= 15 is 0 Å². The van der Waals surface area contributed by atoms with E-state index in [1.807, 2.05) is 54.5 Å². The molecule has 0 aromatic heterocycles. The van der Waals surface area contributed by atoms with Crippen molar-refractivity contribution in [3.05, 3.63) is 57.9 Å². The van der Waals surface area contributed by atoms with Crippen molar-refractivity contribution in [2.75, 3.05) is 0 Å². The van der Waals surface area contributed by atoms with Gasteiger partial charge in [0.2, 0.25) is 0 Å². The Kier molecular flexibility index (Phi) is 7.10. The van der Waals surface area contributed by atoms with Gasteiger partial charge in [-0.2, -0.15) is 0 Å². The number of benzene rings is 1. The molecule has 1 spiro atoms. The molecule has 10 heteroatoms. The van der Waals surface area contributed by atoms with Crippen LogP contribution < -0.4 is 9.47 Å². The number of rotatable bonds is 9. The monoisotopic (exact) mass is 660 g/mol. The van der Waals surface area contributed by atoms with E-state index in [2.05, 4.69) is 6.08 Å². The second kappa shape index (κ2) is 10.4. The van der Waals surface area contributed by atoms with Crippen LogP contribution in [0.5, 0.6) is 17.2 Å². The van der Waals surface area contributed by atoms with Gasteiger partial charge in [-0.1, -0.05) is 17.7 Å². The maximum absolute atomic E-state index is 14.8. The number of fused-ring (bicyclic) bond motifs is 2. The molecule has 3 fully saturated rings. The van der Waals surface area contributed by atoms with Crippen LogP contribution >= 0.6 is 0 Å². The van der Waals surface area contributed by atoms with Gasteiger partial charge < -0.3 is 33.9 Å². The number of ether oxygens (including phenoxy) is 5. The Hall–Kier alpha value is -3.73. The van der Waals surface area contributed by atoms with Crippen LogP contribution in [0.15, 0.2) is 41.2 Å². The number of hydrogen-bond acceptors (Lipinski definition) is 10. The number of hydrogen-bond donors (Lipinski definition) is 2. The van der Waals surface area contributed by atoms with E-state index in [9.17, 15) is 24.6 Å². The van der Waals surface area contributed by atoms with Crippen LogP contribution in [0, 0.1) is 11.8 Å². The maximum atomic E-state index is 14.8. The van der Waals surface area contributed by atoms with E-state index in [-0.39, 0.29) is 57.5 Å². The SMILES string of the molecule is CC(C)=CCC[C@@]1(C)C=Cc2c(O)c3c(c(C(O)C4OC4(C)C)c2O1)O[C@]12C(=CC4CC1C(C)(C)O[C@]2(C/C=C(/C)OC=O)C4=O)C3=O. The summed E-state index contributed by atoms with van der Waals surface area (Å²) in [6.07, 6.45) is 8.76. The molecule has 1 saturated carbocycles. The zero-order valence-electron chi connectivity index (χ0n) is 28.8. The van der Waals surface area contributed by atoms with Gasteiger partial charge in [0.25, 0.3) is 6.47 Å². The number of phenolic OH excluding ortho intramolecular Hbond substituents is 1. The van der Waals surface area contributed by atoms with E-state index in [1.165, 1.54) is 5.57 Å². The molecule has 3 aliphatic carbocycles. The first-order chi connectivity index (χ1) is 22.4. The first-order valence-electron chi connectivity index (χ1n) is 16.7. The summed E-state index contributed by atoms with van der Waals surface area (Å²) >= 11 is 0. The van der Waals surface area contributed by atoms with Crippen LogP contribution in [0.3, 0.4) is 0 Å². The Balaban J connectivity index is 1.46. The Morgan fingerprint density at radius 1 is 1.06 bits per heavy atom. The third-order valence-corrected chi connectivity index (χ3v) is 11.2. The Morgan fingerprint density at radius 3 is 2.42 bits per heavy atom. The molecule has 2 saturated heterocycles. The molecule has 1 aromatic carbocycles. The number of allylic oxidation sites excluding steroid dienone is 4. The molecular weight excluding hydrogens is 616 g/mol. The van der Waals surface area contributed by atoms with E-state index < -0.39 is 57.8 Å². The molecule has 2 N–H and O–H groups in total. The van der Waals surface area contributed by atoms with Gasteiger partial charge in [0.15, 0.2) is 22.8 Å². The van der Waals surface area contributed by atoms with Crippen molar-refractivity contribution in [2.45, 2.75) is 121 Å². The zero-order valence-corrected chi connectivity index (χ0v) is 28.8. The molecule has 8 rings (SSSR count). The number of Topliss-reactive ketones (excluding diaryl/α,β-unsaturated/α-hetero) is 2. The number of carbonyl (C=O) groups excluding carboxylic acids is 3. The molecule has 4 bridgehead atoms.